The molecule has 0 radical (unpaired) electrons. The Hall–Kier alpha value is -2.21. The standard InChI is InChI=1S/C22H28ClFN4O/c1-5-20(29)27-9-11-28(12-10-27)22-17(21(14(2)3)25-15(4)26-22)13-16-18(23)7-6-8-19(16)24/h6-8,14H,5,9-13H2,1-4H3. The SMILES string of the molecule is CCC(=O)N1CCN(c2nc(C)nc(C(C)C)c2Cc2c(F)cccc2Cl)CC1. The molecule has 0 saturated carbocycles. The van der Waals surface area contributed by atoms with Crippen molar-refractivity contribution in [2.24, 2.45) is 0 Å². The van der Waals surface area contributed by atoms with Crippen LogP contribution in [0.15, 0.2) is 18.2 Å². The number of aryl methyl sites for hydroxylation is 1. The molecule has 0 spiro atoms. The van der Waals surface area contributed by atoms with Crippen LogP contribution in [0.5, 0.6) is 0 Å². The van der Waals surface area contributed by atoms with E-state index in [1.54, 1.807) is 12.1 Å². The maximum atomic E-state index is 14.5. The molecule has 2 heterocycles. The Morgan fingerprint density at radius 1 is 1.17 bits per heavy atom. The van der Waals surface area contributed by atoms with E-state index in [4.69, 9.17) is 16.6 Å². The number of anilines is 1. The lowest BCUT2D eigenvalue weighted by atomic mass is 9.97. The number of halogens is 2. The zero-order valence-corrected chi connectivity index (χ0v) is 18.3. The lowest BCUT2D eigenvalue weighted by Gasteiger charge is -2.36. The Morgan fingerprint density at radius 3 is 2.45 bits per heavy atom. The van der Waals surface area contributed by atoms with Gasteiger partial charge in [0.2, 0.25) is 5.91 Å². The monoisotopic (exact) mass is 418 g/mol. The molecule has 0 unspecified atom stereocenters. The number of amides is 1. The quantitative estimate of drug-likeness (QED) is 0.724. The Morgan fingerprint density at radius 2 is 1.86 bits per heavy atom. The molecular formula is C22H28ClFN4O. The molecule has 156 valence electrons. The van der Waals surface area contributed by atoms with Crippen LogP contribution in [0, 0.1) is 12.7 Å². The largest absolute Gasteiger partial charge is 0.353 e. The molecular weight excluding hydrogens is 391 g/mol. The molecule has 0 bridgehead atoms. The zero-order valence-electron chi connectivity index (χ0n) is 17.5. The van der Waals surface area contributed by atoms with Crippen LogP contribution in [0.3, 0.4) is 0 Å². The van der Waals surface area contributed by atoms with Gasteiger partial charge in [0.1, 0.15) is 17.5 Å². The van der Waals surface area contributed by atoms with Crippen molar-refractivity contribution in [2.75, 3.05) is 31.1 Å². The predicted octanol–water partition coefficient (Wildman–Crippen LogP) is 4.35. The summed E-state index contributed by atoms with van der Waals surface area (Å²) in [5, 5.41) is 0.407. The number of nitrogens with zero attached hydrogens (tertiary/aromatic N) is 4. The predicted molar refractivity (Wildman–Crippen MR) is 114 cm³/mol. The maximum absolute atomic E-state index is 14.5. The summed E-state index contributed by atoms with van der Waals surface area (Å²) in [5.41, 5.74) is 2.29. The molecule has 3 rings (SSSR count). The fourth-order valence-corrected chi connectivity index (χ4v) is 4.01. The van der Waals surface area contributed by atoms with Crippen molar-refractivity contribution in [2.45, 2.75) is 46.5 Å². The first-order chi connectivity index (χ1) is 13.8. The summed E-state index contributed by atoms with van der Waals surface area (Å²) in [6.07, 6.45) is 0.851. The van der Waals surface area contributed by atoms with Crippen LogP contribution >= 0.6 is 11.6 Å². The fourth-order valence-electron chi connectivity index (χ4n) is 3.78. The summed E-state index contributed by atoms with van der Waals surface area (Å²) in [4.78, 5) is 25.5. The number of aromatic nitrogens is 2. The average molecular weight is 419 g/mol. The fraction of sp³-hybridized carbons (Fsp3) is 0.500. The number of rotatable bonds is 5. The van der Waals surface area contributed by atoms with E-state index in [2.05, 4.69) is 23.7 Å². The van der Waals surface area contributed by atoms with Crippen molar-refractivity contribution in [1.82, 2.24) is 14.9 Å². The van der Waals surface area contributed by atoms with Crippen LogP contribution in [0.25, 0.3) is 0 Å². The van der Waals surface area contributed by atoms with Crippen molar-refractivity contribution >= 4 is 23.3 Å². The van der Waals surface area contributed by atoms with Gasteiger partial charge >= 0.3 is 0 Å². The third kappa shape index (κ3) is 4.69. The van der Waals surface area contributed by atoms with Gasteiger partial charge in [0.15, 0.2) is 0 Å². The van der Waals surface area contributed by atoms with E-state index in [1.165, 1.54) is 6.07 Å². The van der Waals surface area contributed by atoms with Crippen LogP contribution < -0.4 is 4.90 Å². The summed E-state index contributed by atoms with van der Waals surface area (Å²) < 4.78 is 14.5. The van der Waals surface area contributed by atoms with E-state index in [1.807, 2.05) is 18.7 Å². The van der Waals surface area contributed by atoms with E-state index in [-0.39, 0.29) is 17.6 Å². The summed E-state index contributed by atoms with van der Waals surface area (Å²) in [7, 11) is 0. The zero-order chi connectivity index (χ0) is 21.1. The van der Waals surface area contributed by atoms with Crippen molar-refractivity contribution in [3.8, 4) is 0 Å². The van der Waals surface area contributed by atoms with E-state index in [9.17, 15) is 9.18 Å². The van der Waals surface area contributed by atoms with Crippen LogP contribution in [0.2, 0.25) is 5.02 Å². The first kappa shape index (κ1) is 21.5. The van der Waals surface area contributed by atoms with E-state index < -0.39 is 0 Å². The number of piperazine rings is 1. The Kier molecular flexibility index (Phi) is 6.73. The smallest absolute Gasteiger partial charge is 0.222 e. The number of benzene rings is 1. The summed E-state index contributed by atoms with van der Waals surface area (Å²) in [6, 6.07) is 4.75. The van der Waals surface area contributed by atoms with Gasteiger partial charge in [-0.1, -0.05) is 38.4 Å². The molecule has 0 N–H and O–H groups in total. The number of hydrogen-bond acceptors (Lipinski definition) is 4. The molecule has 1 fully saturated rings. The summed E-state index contributed by atoms with van der Waals surface area (Å²) >= 11 is 6.31. The highest BCUT2D eigenvalue weighted by atomic mass is 35.5. The molecule has 5 nitrogen and oxygen atoms in total. The lowest BCUT2D eigenvalue weighted by molar-refractivity contribution is -0.131. The third-order valence-electron chi connectivity index (χ3n) is 5.33. The van der Waals surface area contributed by atoms with Gasteiger partial charge in [-0.05, 0) is 25.0 Å². The second-order valence-corrected chi connectivity index (χ2v) is 8.12. The summed E-state index contributed by atoms with van der Waals surface area (Å²) in [5.74, 6) is 1.53. The van der Waals surface area contributed by atoms with E-state index >= 15 is 0 Å². The van der Waals surface area contributed by atoms with Crippen molar-refractivity contribution in [3.63, 3.8) is 0 Å². The molecule has 7 heteroatoms. The van der Waals surface area contributed by atoms with Crippen LogP contribution in [0.1, 0.15) is 55.8 Å². The minimum Gasteiger partial charge on any atom is -0.353 e. The van der Waals surface area contributed by atoms with Gasteiger partial charge in [-0.2, -0.15) is 0 Å². The van der Waals surface area contributed by atoms with Gasteiger partial charge in [0.25, 0.3) is 0 Å². The second-order valence-electron chi connectivity index (χ2n) is 7.71. The van der Waals surface area contributed by atoms with Crippen LogP contribution in [-0.2, 0) is 11.2 Å². The first-order valence-corrected chi connectivity index (χ1v) is 10.5. The molecule has 1 aliphatic rings. The molecule has 0 aliphatic carbocycles. The lowest BCUT2D eigenvalue weighted by Crippen LogP contribution is -2.49. The van der Waals surface area contributed by atoms with Gasteiger partial charge in [0.05, 0.1) is 5.69 Å². The molecule has 29 heavy (non-hydrogen) atoms. The highest BCUT2D eigenvalue weighted by Crippen LogP contribution is 2.32. The number of hydrogen-bond donors (Lipinski definition) is 0. The van der Waals surface area contributed by atoms with E-state index in [0.717, 1.165) is 17.1 Å². The number of carbonyl (C=O) groups is 1. The highest BCUT2D eigenvalue weighted by Gasteiger charge is 2.26. The minimum atomic E-state index is -0.322. The second kappa shape index (κ2) is 9.08. The normalized spacial score (nSPS) is 14.6. The first-order valence-electron chi connectivity index (χ1n) is 10.1. The highest BCUT2D eigenvalue weighted by molar-refractivity contribution is 6.31. The third-order valence-corrected chi connectivity index (χ3v) is 5.68. The van der Waals surface area contributed by atoms with E-state index in [0.29, 0.717) is 55.4 Å². The topological polar surface area (TPSA) is 49.3 Å². The molecule has 0 atom stereocenters. The molecule has 1 aromatic heterocycles. The van der Waals surface area contributed by atoms with Crippen molar-refractivity contribution in [1.29, 1.82) is 0 Å². The number of carbonyl (C=O) groups excluding carboxylic acids is 1. The van der Waals surface area contributed by atoms with Gasteiger partial charge in [-0.3, -0.25) is 4.79 Å². The Balaban J connectivity index is 2.00. The maximum Gasteiger partial charge on any atom is 0.222 e. The van der Waals surface area contributed by atoms with Crippen molar-refractivity contribution < 1.29 is 9.18 Å². The van der Waals surface area contributed by atoms with Gasteiger partial charge in [-0.15, -0.1) is 0 Å². The van der Waals surface area contributed by atoms with Gasteiger partial charge in [0, 0.05) is 55.2 Å². The van der Waals surface area contributed by atoms with Gasteiger partial charge in [-0.25, -0.2) is 14.4 Å². The average Bonchev–Trinajstić information content (AvgIpc) is 2.70. The summed E-state index contributed by atoms with van der Waals surface area (Å²) in [6.45, 7) is 10.6. The van der Waals surface area contributed by atoms with Gasteiger partial charge < -0.3 is 9.80 Å². The van der Waals surface area contributed by atoms with Crippen LogP contribution in [0.4, 0.5) is 10.2 Å². The van der Waals surface area contributed by atoms with Crippen LogP contribution in [-0.4, -0.2) is 47.0 Å². The minimum absolute atomic E-state index is 0.166. The Bertz CT molecular complexity index is 874. The molecule has 1 aliphatic heterocycles. The van der Waals surface area contributed by atoms with Crippen molar-refractivity contribution in [3.05, 3.63) is 51.7 Å². The molecule has 1 saturated heterocycles. The Labute approximate surface area is 176 Å². The molecule has 2 aromatic rings. The molecule has 1 aromatic carbocycles. The molecule has 1 amide bonds.